The highest BCUT2D eigenvalue weighted by molar-refractivity contribution is 5.69. The third-order valence-electron chi connectivity index (χ3n) is 2.22. The van der Waals surface area contributed by atoms with E-state index in [0.29, 0.717) is 11.3 Å². The zero-order valence-electron chi connectivity index (χ0n) is 10.7. The second-order valence-corrected chi connectivity index (χ2v) is 4.06. The summed E-state index contributed by atoms with van der Waals surface area (Å²) in [6, 6.07) is 6.41. The van der Waals surface area contributed by atoms with Gasteiger partial charge in [-0.1, -0.05) is 12.1 Å². The molecule has 0 saturated carbocycles. The minimum atomic E-state index is -0.557. The number of carbonyl (C=O) groups excluding carboxylic acids is 2. The molecule has 18 heavy (non-hydrogen) atoms. The van der Waals surface area contributed by atoms with Gasteiger partial charge in [0.1, 0.15) is 11.9 Å². The van der Waals surface area contributed by atoms with Gasteiger partial charge in [0.15, 0.2) is 0 Å². The van der Waals surface area contributed by atoms with Crippen LogP contribution in [0.2, 0.25) is 0 Å². The minimum Gasteiger partial charge on any atom is -0.456 e. The van der Waals surface area contributed by atoms with Crippen molar-refractivity contribution in [3.63, 3.8) is 0 Å². The molecule has 0 amide bonds. The van der Waals surface area contributed by atoms with Crippen LogP contribution in [0.1, 0.15) is 32.4 Å². The molecule has 0 aliphatic heterocycles. The van der Waals surface area contributed by atoms with Crippen molar-refractivity contribution < 1.29 is 19.1 Å². The number of carbonyl (C=O) groups is 2. The summed E-state index contributed by atoms with van der Waals surface area (Å²) in [5.74, 6) is -0.412. The highest BCUT2D eigenvalue weighted by Gasteiger charge is 2.20. The Morgan fingerprint density at radius 1 is 1.22 bits per heavy atom. The summed E-state index contributed by atoms with van der Waals surface area (Å²) in [5, 5.41) is 0. The van der Waals surface area contributed by atoms with Gasteiger partial charge in [0.05, 0.1) is 0 Å². The van der Waals surface area contributed by atoms with Crippen molar-refractivity contribution in [3.8, 4) is 5.75 Å². The van der Waals surface area contributed by atoms with Gasteiger partial charge in [0.2, 0.25) is 0 Å². The summed E-state index contributed by atoms with van der Waals surface area (Å²) in [6.45, 7) is 4.39. The highest BCUT2D eigenvalue weighted by atomic mass is 16.5. The summed E-state index contributed by atoms with van der Waals surface area (Å²) in [6.07, 6.45) is -0.557. The number of hydrogen-bond acceptors (Lipinski definition) is 5. The normalized spacial score (nSPS) is 13.6. The van der Waals surface area contributed by atoms with Crippen molar-refractivity contribution in [2.75, 3.05) is 0 Å². The van der Waals surface area contributed by atoms with Crippen LogP contribution in [-0.4, -0.2) is 18.0 Å². The average molecular weight is 251 g/mol. The average Bonchev–Trinajstić information content (AvgIpc) is 2.24. The SMILES string of the molecule is CC(=O)Oc1cccc([C@H](OC(C)=O)[C@@H](C)N)c1. The Bertz CT molecular complexity index is 442. The van der Waals surface area contributed by atoms with E-state index in [1.54, 1.807) is 31.2 Å². The maximum Gasteiger partial charge on any atom is 0.308 e. The van der Waals surface area contributed by atoms with Crippen LogP contribution in [0.4, 0.5) is 0 Å². The van der Waals surface area contributed by atoms with Gasteiger partial charge in [-0.3, -0.25) is 9.59 Å². The largest absolute Gasteiger partial charge is 0.456 e. The fourth-order valence-electron chi connectivity index (χ4n) is 1.58. The summed E-state index contributed by atoms with van der Waals surface area (Å²) in [5.41, 5.74) is 6.48. The molecule has 1 rings (SSSR count). The molecule has 0 aliphatic rings. The van der Waals surface area contributed by atoms with Gasteiger partial charge in [-0.15, -0.1) is 0 Å². The monoisotopic (exact) mass is 251 g/mol. The standard InChI is InChI=1S/C13H17NO4/c1-8(14)13(18-10(3)16)11-5-4-6-12(7-11)17-9(2)15/h4-8,13H,14H2,1-3H3/t8-,13-/m1/s1. The van der Waals surface area contributed by atoms with E-state index in [1.165, 1.54) is 13.8 Å². The molecule has 5 nitrogen and oxygen atoms in total. The molecular formula is C13H17NO4. The highest BCUT2D eigenvalue weighted by Crippen LogP contribution is 2.24. The van der Waals surface area contributed by atoms with Crippen LogP contribution in [0.5, 0.6) is 5.75 Å². The van der Waals surface area contributed by atoms with Crippen molar-refractivity contribution in [3.05, 3.63) is 29.8 Å². The van der Waals surface area contributed by atoms with Gasteiger partial charge < -0.3 is 15.2 Å². The lowest BCUT2D eigenvalue weighted by atomic mass is 10.0. The molecule has 0 aliphatic carbocycles. The third kappa shape index (κ3) is 4.18. The van der Waals surface area contributed by atoms with Crippen LogP contribution in [0.15, 0.2) is 24.3 Å². The Labute approximate surface area is 106 Å². The maximum absolute atomic E-state index is 11.0. The van der Waals surface area contributed by atoms with E-state index in [0.717, 1.165) is 0 Å². The molecule has 0 fully saturated rings. The first-order valence-corrected chi connectivity index (χ1v) is 5.61. The minimum absolute atomic E-state index is 0.360. The molecule has 2 N–H and O–H groups in total. The number of nitrogens with two attached hydrogens (primary N) is 1. The fourth-order valence-corrected chi connectivity index (χ4v) is 1.58. The Hall–Kier alpha value is -1.88. The first-order valence-electron chi connectivity index (χ1n) is 5.61. The van der Waals surface area contributed by atoms with E-state index in [9.17, 15) is 9.59 Å². The molecule has 5 heteroatoms. The Kier molecular flexibility index (Phi) is 4.85. The smallest absolute Gasteiger partial charge is 0.308 e. The summed E-state index contributed by atoms with van der Waals surface area (Å²) >= 11 is 0. The van der Waals surface area contributed by atoms with E-state index in [-0.39, 0.29) is 6.04 Å². The van der Waals surface area contributed by atoms with Crippen LogP contribution in [0.25, 0.3) is 0 Å². The molecule has 0 saturated heterocycles. The van der Waals surface area contributed by atoms with Gasteiger partial charge >= 0.3 is 11.9 Å². The number of rotatable bonds is 4. The maximum atomic E-state index is 11.0. The first-order chi connectivity index (χ1) is 8.40. The number of esters is 2. The number of ether oxygens (including phenoxy) is 2. The van der Waals surface area contributed by atoms with Crippen LogP contribution in [0, 0.1) is 0 Å². The lowest BCUT2D eigenvalue weighted by Gasteiger charge is -2.21. The van der Waals surface area contributed by atoms with Crippen LogP contribution in [-0.2, 0) is 14.3 Å². The zero-order valence-corrected chi connectivity index (χ0v) is 10.7. The fraction of sp³-hybridized carbons (Fsp3) is 0.385. The van der Waals surface area contributed by atoms with Crippen molar-refractivity contribution >= 4 is 11.9 Å². The number of hydrogen-bond donors (Lipinski definition) is 1. The molecule has 1 aromatic rings. The Morgan fingerprint density at radius 3 is 2.39 bits per heavy atom. The molecule has 0 heterocycles. The van der Waals surface area contributed by atoms with Crippen molar-refractivity contribution in [1.29, 1.82) is 0 Å². The summed E-state index contributed by atoms with van der Waals surface area (Å²) < 4.78 is 10.1. The van der Waals surface area contributed by atoms with Crippen molar-refractivity contribution in [2.24, 2.45) is 5.73 Å². The van der Waals surface area contributed by atoms with Crippen molar-refractivity contribution in [1.82, 2.24) is 0 Å². The Balaban J connectivity index is 2.97. The summed E-state index contributed by atoms with van der Waals surface area (Å²) in [7, 11) is 0. The van der Waals surface area contributed by atoms with Gasteiger partial charge in [0.25, 0.3) is 0 Å². The molecule has 98 valence electrons. The quantitative estimate of drug-likeness (QED) is 0.649. The van der Waals surface area contributed by atoms with Crippen LogP contribution < -0.4 is 10.5 Å². The lowest BCUT2D eigenvalue weighted by molar-refractivity contribution is -0.147. The van der Waals surface area contributed by atoms with E-state index in [4.69, 9.17) is 15.2 Å². The Morgan fingerprint density at radius 2 is 1.89 bits per heavy atom. The second kappa shape index (κ2) is 6.16. The molecule has 0 spiro atoms. The number of benzene rings is 1. The zero-order chi connectivity index (χ0) is 13.7. The molecule has 1 aromatic carbocycles. The molecule has 0 aromatic heterocycles. The summed E-state index contributed by atoms with van der Waals surface area (Å²) in [4.78, 5) is 21.9. The van der Waals surface area contributed by atoms with Crippen molar-refractivity contribution in [2.45, 2.75) is 32.9 Å². The topological polar surface area (TPSA) is 78.6 Å². The lowest BCUT2D eigenvalue weighted by Crippen LogP contribution is -2.28. The van der Waals surface area contributed by atoms with Gasteiger partial charge in [-0.25, -0.2) is 0 Å². The molecule has 2 atom stereocenters. The molecule has 0 bridgehead atoms. The van der Waals surface area contributed by atoms with E-state index in [2.05, 4.69) is 0 Å². The van der Waals surface area contributed by atoms with Crippen LogP contribution >= 0.6 is 0 Å². The predicted molar refractivity (Wildman–Crippen MR) is 65.9 cm³/mol. The van der Waals surface area contributed by atoms with Gasteiger partial charge in [-0.2, -0.15) is 0 Å². The van der Waals surface area contributed by atoms with Gasteiger partial charge in [0, 0.05) is 19.9 Å². The predicted octanol–water partition coefficient (Wildman–Crippen LogP) is 1.56. The molecular weight excluding hydrogens is 234 g/mol. The second-order valence-electron chi connectivity index (χ2n) is 4.06. The van der Waals surface area contributed by atoms with E-state index < -0.39 is 18.0 Å². The van der Waals surface area contributed by atoms with E-state index in [1.807, 2.05) is 0 Å². The third-order valence-corrected chi connectivity index (χ3v) is 2.22. The first kappa shape index (κ1) is 14.2. The van der Waals surface area contributed by atoms with Crippen LogP contribution in [0.3, 0.4) is 0 Å². The van der Waals surface area contributed by atoms with E-state index >= 15 is 0 Å². The van der Waals surface area contributed by atoms with Gasteiger partial charge in [-0.05, 0) is 24.6 Å². The molecule has 0 radical (unpaired) electrons. The molecule has 0 unspecified atom stereocenters.